The van der Waals surface area contributed by atoms with Gasteiger partial charge in [0.25, 0.3) is 5.91 Å². The van der Waals surface area contributed by atoms with Crippen molar-refractivity contribution in [1.29, 1.82) is 0 Å². The number of nitrogens with one attached hydrogen (secondary N) is 1. The van der Waals surface area contributed by atoms with Crippen LogP contribution in [0.3, 0.4) is 0 Å². The van der Waals surface area contributed by atoms with E-state index in [9.17, 15) is 9.59 Å². The average molecular weight is 369 g/mol. The number of halogens is 2. The van der Waals surface area contributed by atoms with Crippen molar-refractivity contribution in [1.82, 2.24) is 10.2 Å². The van der Waals surface area contributed by atoms with Gasteiger partial charge in [-0.15, -0.1) is 0 Å². The van der Waals surface area contributed by atoms with Crippen LogP contribution in [0.2, 0.25) is 10.0 Å². The van der Waals surface area contributed by atoms with E-state index >= 15 is 0 Å². The van der Waals surface area contributed by atoms with Crippen LogP contribution in [0.5, 0.6) is 0 Å². The lowest BCUT2D eigenvalue weighted by atomic mass is 10.2. The second-order valence-corrected chi connectivity index (χ2v) is 6.52. The van der Waals surface area contributed by atoms with E-state index in [0.717, 1.165) is 0 Å². The topological polar surface area (TPSA) is 62.6 Å². The summed E-state index contributed by atoms with van der Waals surface area (Å²) in [6.07, 6.45) is 0. The third-order valence-electron chi connectivity index (χ3n) is 3.19. The first-order chi connectivity index (χ1) is 11.3. The van der Waals surface area contributed by atoms with Gasteiger partial charge in [-0.05, 0) is 44.2 Å². The molecule has 0 aliphatic rings. The van der Waals surface area contributed by atoms with Crippen LogP contribution in [0, 0.1) is 0 Å². The fourth-order valence-corrected chi connectivity index (χ4v) is 2.51. The number of carbonyl (C=O) groups excluding carboxylic acids is 2. The van der Waals surface area contributed by atoms with Crippen molar-refractivity contribution < 1.29 is 14.0 Å². The molecule has 0 aliphatic heterocycles. The van der Waals surface area contributed by atoms with Gasteiger partial charge in [0.1, 0.15) is 5.76 Å². The Labute approximate surface area is 150 Å². The van der Waals surface area contributed by atoms with Gasteiger partial charge < -0.3 is 14.6 Å². The molecule has 1 N–H and O–H groups in total. The first-order valence-electron chi connectivity index (χ1n) is 7.38. The summed E-state index contributed by atoms with van der Waals surface area (Å²) in [4.78, 5) is 25.4. The zero-order valence-corrected chi connectivity index (χ0v) is 15.1. The molecule has 5 nitrogen and oxygen atoms in total. The minimum atomic E-state index is -0.390. The summed E-state index contributed by atoms with van der Waals surface area (Å²) in [5, 5.41) is 3.71. The molecule has 0 bridgehead atoms. The molecule has 0 atom stereocenters. The molecule has 1 aromatic heterocycles. The van der Waals surface area contributed by atoms with Gasteiger partial charge in [0.05, 0.1) is 11.6 Å². The third-order valence-corrected chi connectivity index (χ3v) is 3.75. The van der Waals surface area contributed by atoms with Gasteiger partial charge in [0.15, 0.2) is 5.76 Å². The zero-order valence-electron chi connectivity index (χ0n) is 13.6. The highest BCUT2D eigenvalue weighted by Gasteiger charge is 2.19. The van der Waals surface area contributed by atoms with E-state index < -0.39 is 5.91 Å². The smallest absolute Gasteiger partial charge is 0.289 e. The number of likely N-dealkylation sites (N-methyl/N-ethyl adjacent to an activating group) is 1. The summed E-state index contributed by atoms with van der Waals surface area (Å²) in [6.45, 7) is 3.66. The summed E-state index contributed by atoms with van der Waals surface area (Å²) in [7, 11) is 1.54. The van der Waals surface area contributed by atoms with Crippen molar-refractivity contribution in [3.05, 3.63) is 46.1 Å². The molecule has 0 spiro atoms. The molecular weight excluding hydrogens is 351 g/mol. The van der Waals surface area contributed by atoms with E-state index in [1.54, 1.807) is 30.3 Å². The maximum absolute atomic E-state index is 12.4. The van der Waals surface area contributed by atoms with Crippen LogP contribution in [0.4, 0.5) is 0 Å². The standard InChI is InChI=1S/C17H18Cl2N2O3/c1-10(2)20-16(22)9-21(3)17(23)15-7-6-14(24-15)12-8-11(18)4-5-13(12)19/h4-8,10H,9H2,1-3H3,(H,20,22). The van der Waals surface area contributed by atoms with Crippen molar-refractivity contribution >= 4 is 35.0 Å². The fourth-order valence-electron chi connectivity index (χ4n) is 2.13. The van der Waals surface area contributed by atoms with Crippen molar-refractivity contribution in [2.45, 2.75) is 19.9 Å². The summed E-state index contributed by atoms with van der Waals surface area (Å²) >= 11 is 12.1. The van der Waals surface area contributed by atoms with Gasteiger partial charge in [0.2, 0.25) is 5.91 Å². The average Bonchev–Trinajstić information content (AvgIpc) is 2.97. The molecule has 7 heteroatoms. The Morgan fingerprint density at radius 1 is 1.21 bits per heavy atom. The molecule has 2 amide bonds. The lowest BCUT2D eigenvalue weighted by molar-refractivity contribution is -0.122. The van der Waals surface area contributed by atoms with Crippen molar-refractivity contribution in [3.63, 3.8) is 0 Å². The highest BCUT2D eigenvalue weighted by molar-refractivity contribution is 6.35. The number of benzene rings is 1. The predicted molar refractivity (Wildman–Crippen MR) is 94.4 cm³/mol. The van der Waals surface area contributed by atoms with E-state index in [0.29, 0.717) is 21.4 Å². The Bertz CT molecular complexity index is 756. The van der Waals surface area contributed by atoms with Gasteiger partial charge in [0, 0.05) is 23.7 Å². The Morgan fingerprint density at radius 3 is 2.58 bits per heavy atom. The number of rotatable bonds is 5. The van der Waals surface area contributed by atoms with Crippen LogP contribution >= 0.6 is 23.2 Å². The Hall–Kier alpha value is -1.98. The normalized spacial score (nSPS) is 10.8. The van der Waals surface area contributed by atoms with Crippen LogP contribution in [0.1, 0.15) is 24.4 Å². The molecule has 1 heterocycles. The van der Waals surface area contributed by atoms with Crippen LogP contribution in [-0.4, -0.2) is 36.3 Å². The number of nitrogens with zero attached hydrogens (tertiary/aromatic N) is 1. The molecule has 128 valence electrons. The Kier molecular flexibility index (Phi) is 5.91. The molecule has 1 aromatic carbocycles. The second kappa shape index (κ2) is 7.73. The summed E-state index contributed by atoms with van der Waals surface area (Å²) < 4.78 is 5.59. The molecule has 24 heavy (non-hydrogen) atoms. The van der Waals surface area contributed by atoms with Crippen LogP contribution < -0.4 is 5.32 Å². The van der Waals surface area contributed by atoms with Crippen LogP contribution in [0.15, 0.2) is 34.7 Å². The monoisotopic (exact) mass is 368 g/mol. The summed E-state index contributed by atoms with van der Waals surface area (Å²) in [6, 6.07) is 8.20. The third kappa shape index (κ3) is 4.52. The maximum atomic E-state index is 12.4. The summed E-state index contributed by atoms with van der Waals surface area (Å²) in [5.74, 6) is -0.0596. The summed E-state index contributed by atoms with van der Waals surface area (Å²) in [5.41, 5.74) is 0.600. The Balaban J connectivity index is 2.13. The molecule has 0 aliphatic carbocycles. The number of hydrogen-bond acceptors (Lipinski definition) is 3. The highest BCUT2D eigenvalue weighted by atomic mass is 35.5. The minimum absolute atomic E-state index is 0.0150. The quantitative estimate of drug-likeness (QED) is 0.871. The van der Waals surface area contributed by atoms with E-state index in [1.165, 1.54) is 11.9 Å². The van der Waals surface area contributed by atoms with Crippen LogP contribution in [0.25, 0.3) is 11.3 Å². The van der Waals surface area contributed by atoms with E-state index in [-0.39, 0.29) is 24.3 Å². The lowest BCUT2D eigenvalue weighted by Crippen LogP contribution is -2.40. The van der Waals surface area contributed by atoms with Gasteiger partial charge in [-0.2, -0.15) is 0 Å². The number of hydrogen-bond donors (Lipinski definition) is 1. The molecule has 0 fully saturated rings. The Morgan fingerprint density at radius 2 is 1.92 bits per heavy atom. The number of carbonyl (C=O) groups is 2. The van der Waals surface area contributed by atoms with Gasteiger partial charge in [-0.3, -0.25) is 9.59 Å². The molecule has 0 saturated carbocycles. The van der Waals surface area contributed by atoms with E-state index in [4.69, 9.17) is 27.6 Å². The van der Waals surface area contributed by atoms with Gasteiger partial charge in [-0.25, -0.2) is 0 Å². The van der Waals surface area contributed by atoms with E-state index in [1.807, 2.05) is 13.8 Å². The number of amides is 2. The minimum Gasteiger partial charge on any atom is -0.451 e. The molecule has 0 saturated heterocycles. The van der Waals surface area contributed by atoms with Crippen molar-refractivity contribution in [3.8, 4) is 11.3 Å². The lowest BCUT2D eigenvalue weighted by Gasteiger charge is -2.16. The number of furan rings is 1. The molecule has 2 rings (SSSR count). The first kappa shape index (κ1) is 18.4. The maximum Gasteiger partial charge on any atom is 0.289 e. The fraction of sp³-hybridized carbons (Fsp3) is 0.294. The SMILES string of the molecule is CC(C)NC(=O)CN(C)C(=O)c1ccc(-c2cc(Cl)ccc2Cl)o1. The molecule has 2 aromatic rings. The molecular formula is C17H18Cl2N2O3. The highest BCUT2D eigenvalue weighted by Crippen LogP contribution is 2.31. The molecule has 0 unspecified atom stereocenters. The first-order valence-corrected chi connectivity index (χ1v) is 8.13. The second-order valence-electron chi connectivity index (χ2n) is 5.67. The van der Waals surface area contributed by atoms with E-state index in [2.05, 4.69) is 5.32 Å². The predicted octanol–water partition coefficient (Wildman–Crippen LogP) is 3.85. The largest absolute Gasteiger partial charge is 0.451 e. The van der Waals surface area contributed by atoms with Crippen LogP contribution in [-0.2, 0) is 4.79 Å². The molecule has 0 radical (unpaired) electrons. The van der Waals surface area contributed by atoms with Crippen molar-refractivity contribution in [2.24, 2.45) is 0 Å². The van der Waals surface area contributed by atoms with Crippen molar-refractivity contribution in [2.75, 3.05) is 13.6 Å². The zero-order chi connectivity index (χ0) is 17.9. The van der Waals surface area contributed by atoms with Gasteiger partial charge >= 0.3 is 0 Å². The van der Waals surface area contributed by atoms with Gasteiger partial charge in [-0.1, -0.05) is 23.2 Å².